The summed E-state index contributed by atoms with van der Waals surface area (Å²) in [5, 5.41) is 0. The second-order valence-electron chi connectivity index (χ2n) is 8.33. The summed E-state index contributed by atoms with van der Waals surface area (Å²) in [7, 11) is 0. The molecule has 5 nitrogen and oxygen atoms in total. The Morgan fingerprint density at radius 2 is 1.67 bits per heavy atom. The van der Waals surface area contributed by atoms with E-state index in [9.17, 15) is 14.4 Å². The van der Waals surface area contributed by atoms with E-state index in [0.29, 0.717) is 11.8 Å². The van der Waals surface area contributed by atoms with Crippen LogP contribution in [0.5, 0.6) is 0 Å². The fourth-order valence-electron chi connectivity index (χ4n) is 5.72. The molecule has 4 aliphatic carbocycles. The third-order valence-corrected chi connectivity index (χ3v) is 7.08. The van der Waals surface area contributed by atoms with Gasteiger partial charge >= 0.3 is 0 Å². The quantitative estimate of drug-likeness (QED) is 0.610. The number of aryl methyl sites for hydroxylation is 1. The smallest absolute Gasteiger partial charge is 0.235 e. The number of rotatable bonds is 4. The Morgan fingerprint density at radius 1 is 1.07 bits per heavy atom. The first-order valence-electron chi connectivity index (χ1n) is 9.92. The standard InChI is InChI=1S/C22H24N2O3/c1-3-13-6-4-5-7-18(13)23(12(2)25)11-24-21(26)19-14-8-9-15(17-10-16(14)17)20(19)22(24)27/h4-9,14-17,19-20H,3,10-11H2,1-2H3/t14-,15+,16-,17-,19+,20+/m1/s1. The third-order valence-electron chi connectivity index (χ3n) is 7.08. The third kappa shape index (κ3) is 2.27. The summed E-state index contributed by atoms with van der Waals surface area (Å²) in [6.45, 7) is 3.55. The number of nitrogens with zero attached hydrogens (tertiary/aromatic N) is 2. The van der Waals surface area contributed by atoms with E-state index in [1.807, 2.05) is 31.2 Å². The monoisotopic (exact) mass is 364 g/mol. The fraction of sp³-hybridized carbons (Fsp3) is 0.500. The first-order valence-corrected chi connectivity index (χ1v) is 9.92. The van der Waals surface area contributed by atoms with Crippen molar-refractivity contribution in [3.63, 3.8) is 0 Å². The van der Waals surface area contributed by atoms with Gasteiger partial charge in [0.25, 0.3) is 0 Å². The predicted octanol–water partition coefficient (Wildman–Crippen LogP) is 2.61. The van der Waals surface area contributed by atoms with Gasteiger partial charge in [-0.3, -0.25) is 24.2 Å². The Morgan fingerprint density at radius 3 is 2.22 bits per heavy atom. The molecule has 0 spiro atoms. The Bertz CT molecular complexity index is 840. The molecule has 1 saturated heterocycles. The summed E-state index contributed by atoms with van der Waals surface area (Å²) in [6, 6.07) is 7.70. The van der Waals surface area contributed by atoms with E-state index >= 15 is 0 Å². The Hall–Kier alpha value is -2.43. The maximum atomic E-state index is 13.2. The Kier molecular flexibility index (Phi) is 3.58. The molecule has 5 aliphatic rings. The highest BCUT2D eigenvalue weighted by molar-refractivity contribution is 6.07. The average molecular weight is 364 g/mol. The number of benzene rings is 1. The molecular formula is C22H24N2O3. The summed E-state index contributed by atoms with van der Waals surface area (Å²) >= 11 is 0. The Labute approximate surface area is 159 Å². The van der Waals surface area contributed by atoms with Crippen molar-refractivity contribution in [1.29, 1.82) is 0 Å². The minimum atomic E-state index is -0.216. The molecule has 6 rings (SSSR count). The van der Waals surface area contributed by atoms with Crippen LogP contribution in [0.4, 0.5) is 5.69 Å². The molecule has 27 heavy (non-hydrogen) atoms. The molecular weight excluding hydrogens is 340 g/mol. The molecule has 0 radical (unpaired) electrons. The van der Waals surface area contributed by atoms with Crippen LogP contribution in [0.25, 0.3) is 0 Å². The van der Waals surface area contributed by atoms with Crippen LogP contribution in [0, 0.1) is 35.5 Å². The number of amides is 3. The number of carbonyl (C=O) groups is 3. The van der Waals surface area contributed by atoms with Crippen LogP contribution >= 0.6 is 0 Å². The number of anilines is 1. The highest BCUT2D eigenvalue weighted by Gasteiger charge is 2.67. The fourth-order valence-corrected chi connectivity index (χ4v) is 5.72. The van der Waals surface area contributed by atoms with Gasteiger partial charge in [0.05, 0.1) is 11.8 Å². The van der Waals surface area contributed by atoms with Crippen molar-refractivity contribution in [1.82, 2.24) is 4.90 Å². The van der Waals surface area contributed by atoms with E-state index in [1.165, 1.54) is 11.8 Å². The molecule has 2 bridgehead atoms. The summed E-state index contributed by atoms with van der Waals surface area (Å²) in [6.07, 6.45) is 6.28. The second kappa shape index (κ2) is 5.78. The topological polar surface area (TPSA) is 57.7 Å². The van der Waals surface area contributed by atoms with E-state index in [-0.39, 0.29) is 48.1 Å². The molecule has 1 aromatic rings. The molecule has 1 aliphatic heterocycles. The lowest BCUT2D eigenvalue weighted by molar-refractivity contribution is -0.140. The van der Waals surface area contributed by atoms with Gasteiger partial charge in [-0.05, 0) is 48.1 Å². The maximum Gasteiger partial charge on any atom is 0.235 e. The summed E-state index contributed by atoms with van der Waals surface area (Å²) in [5.41, 5.74) is 1.82. The lowest BCUT2D eigenvalue weighted by atomic mass is 9.63. The second-order valence-corrected chi connectivity index (χ2v) is 8.33. The minimum Gasteiger partial charge on any atom is -0.294 e. The van der Waals surface area contributed by atoms with Crippen molar-refractivity contribution in [2.24, 2.45) is 35.5 Å². The molecule has 140 valence electrons. The van der Waals surface area contributed by atoms with E-state index < -0.39 is 0 Å². The molecule has 5 heteroatoms. The van der Waals surface area contributed by atoms with Gasteiger partial charge in [-0.15, -0.1) is 0 Å². The van der Waals surface area contributed by atoms with Crippen LogP contribution in [0.1, 0.15) is 25.8 Å². The van der Waals surface area contributed by atoms with Crippen molar-refractivity contribution in [2.45, 2.75) is 26.7 Å². The number of hydrogen-bond acceptors (Lipinski definition) is 3. The van der Waals surface area contributed by atoms with E-state index in [1.54, 1.807) is 4.90 Å². The number of para-hydroxylation sites is 1. The van der Waals surface area contributed by atoms with Crippen molar-refractivity contribution in [3.8, 4) is 0 Å². The van der Waals surface area contributed by atoms with Gasteiger partial charge in [0.15, 0.2) is 0 Å². The normalized spacial score (nSPS) is 35.3. The zero-order valence-electron chi connectivity index (χ0n) is 15.7. The molecule has 2 saturated carbocycles. The van der Waals surface area contributed by atoms with Crippen LogP contribution in [0.15, 0.2) is 36.4 Å². The highest BCUT2D eigenvalue weighted by Crippen LogP contribution is 2.65. The van der Waals surface area contributed by atoms with Gasteiger partial charge in [0, 0.05) is 12.6 Å². The molecule has 3 fully saturated rings. The van der Waals surface area contributed by atoms with Gasteiger partial charge in [0.1, 0.15) is 6.67 Å². The lowest BCUT2D eigenvalue weighted by Gasteiger charge is -2.37. The number of imide groups is 1. The highest BCUT2D eigenvalue weighted by atomic mass is 16.2. The van der Waals surface area contributed by atoms with Crippen LogP contribution in [0.3, 0.4) is 0 Å². The summed E-state index contributed by atoms with van der Waals surface area (Å²) in [5.74, 6) is 0.823. The predicted molar refractivity (Wildman–Crippen MR) is 100 cm³/mol. The summed E-state index contributed by atoms with van der Waals surface area (Å²) in [4.78, 5) is 41.7. The van der Waals surface area contributed by atoms with E-state index in [4.69, 9.17) is 0 Å². The summed E-state index contributed by atoms with van der Waals surface area (Å²) < 4.78 is 0. The van der Waals surface area contributed by atoms with Gasteiger partial charge in [0.2, 0.25) is 17.7 Å². The van der Waals surface area contributed by atoms with Crippen molar-refractivity contribution in [3.05, 3.63) is 42.0 Å². The van der Waals surface area contributed by atoms with E-state index in [2.05, 4.69) is 12.2 Å². The van der Waals surface area contributed by atoms with Gasteiger partial charge in [-0.2, -0.15) is 0 Å². The SMILES string of the molecule is CCc1ccccc1N(CN1C(=O)[C@H]2[C@@H]3C=C[C@@H]([C@H]4C[C@H]34)[C@@H]2C1=O)C(C)=O. The van der Waals surface area contributed by atoms with Gasteiger partial charge < -0.3 is 0 Å². The zero-order chi connectivity index (χ0) is 18.9. The van der Waals surface area contributed by atoms with Crippen molar-refractivity contribution >= 4 is 23.4 Å². The molecule has 1 heterocycles. The number of hydrogen-bond donors (Lipinski definition) is 0. The molecule has 6 atom stereocenters. The largest absolute Gasteiger partial charge is 0.294 e. The molecule has 3 amide bonds. The average Bonchev–Trinajstić information content (AvgIpc) is 3.45. The van der Waals surface area contributed by atoms with E-state index in [0.717, 1.165) is 24.1 Å². The first-order chi connectivity index (χ1) is 13.0. The molecule has 0 unspecified atom stereocenters. The lowest BCUT2D eigenvalue weighted by Crippen LogP contribution is -2.44. The molecule has 0 aromatic heterocycles. The number of carbonyl (C=O) groups excluding carboxylic acids is 3. The molecule has 1 aromatic carbocycles. The van der Waals surface area contributed by atoms with Crippen LogP contribution in [0.2, 0.25) is 0 Å². The first kappa shape index (κ1) is 16.7. The van der Waals surface area contributed by atoms with Gasteiger partial charge in [-0.1, -0.05) is 37.3 Å². The minimum absolute atomic E-state index is 0.0196. The van der Waals surface area contributed by atoms with Gasteiger partial charge in [-0.25, -0.2) is 0 Å². The maximum absolute atomic E-state index is 13.2. The van der Waals surface area contributed by atoms with Crippen LogP contribution in [-0.4, -0.2) is 29.3 Å². The van der Waals surface area contributed by atoms with Crippen molar-refractivity contribution in [2.75, 3.05) is 11.6 Å². The van der Waals surface area contributed by atoms with Crippen LogP contribution in [-0.2, 0) is 20.8 Å². The van der Waals surface area contributed by atoms with Crippen LogP contribution < -0.4 is 4.90 Å². The zero-order valence-corrected chi connectivity index (χ0v) is 15.7. The number of likely N-dealkylation sites (tertiary alicyclic amines) is 1. The number of allylic oxidation sites excluding steroid dienone is 2. The molecule has 0 N–H and O–H groups in total. The van der Waals surface area contributed by atoms with Crippen molar-refractivity contribution < 1.29 is 14.4 Å². The Balaban J connectivity index is 1.46.